The number of aryl methyl sites for hydroxylation is 1. The van der Waals surface area contributed by atoms with Gasteiger partial charge in [-0.1, -0.05) is 12.1 Å². The van der Waals surface area contributed by atoms with Gasteiger partial charge >= 0.3 is 5.97 Å². The van der Waals surface area contributed by atoms with Crippen molar-refractivity contribution in [2.24, 2.45) is 5.92 Å². The number of benzene rings is 1. The van der Waals surface area contributed by atoms with Gasteiger partial charge in [0.2, 0.25) is 5.91 Å². The van der Waals surface area contributed by atoms with Crippen molar-refractivity contribution >= 4 is 42.0 Å². The number of carbonyl (C=O) groups excluding carboxylic acids is 1. The molecule has 21 heavy (non-hydrogen) atoms. The van der Waals surface area contributed by atoms with Gasteiger partial charge in [0.15, 0.2) is 0 Å². The van der Waals surface area contributed by atoms with Gasteiger partial charge in [-0.05, 0) is 42.5 Å². The van der Waals surface area contributed by atoms with Gasteiger partial charge in [-0.15, -0.1) is 0 Å². The van der Waals surface area contributed by atoms with Crippen molar-refractivity contribution in [2.45, 2.75) is 19.3 Å². The first-order valence-electron chi connectivity index (χ1n) is 6.78. The molecule has 0 fully saturated rings. The van der Waals surface area contributed by atoms with Crippen molar-refractivity contribution in [3.8, 4) is 0 Å². The van der Waals surface area contributed by atoms with Crippen molar-refractivity contribution in [3.63, 3.8) is 0 Å². The van der Waals surface area contributed by atoms with Crippen LogP contribution >= 0.6 is 24.4 Å². The summed E-state index contributed by atoms with van der Waals surface area (Å²) in [6.45, 7) is 0. The Morgan fingerprint density at radius 3 is 2.81 bits per heavy atom. The maximum absolute atomic E-state index is 12.2. The Bertz CT molecular complexity index is 480. The highest BCUT2D eigenvalue weighted by Gasteiger charge is 2.16. The van der Waals surface area contributed by atoms with E-state index >= 15 is 0 Å². The normalized spacial score (nSPS) is 11.9. The fourth-order valence-corrected chi connectivity index (χ4v) is 2.73. The number of aliphatic carboxylic acids is 1. The molecule has 0 aliphatic rings. The molecule has 2 N–H and O–H groups in total. The number of carbonyl (C=O) groups is 2. The molecular weight excluding hydrogens is 306 g/mol. The summed E-state index contributed by atoms with van der Waals surface area (Å²) in [7, 11) is 0. The second-order valence-electron chi connectivity index (χ2n) is 4.74. The zero-order valence-electron chi connectivity index (χ0n) is 12.0. The number of rotatable bonds is 9. The minimum atomic E-state index is -0.823. The number of carboxylic acid groups (broad SMARTS) is 1. The summed E-state index contributed by atoms with van der Waals surface area (Å²) < 4.78 is 0. The lowest BCUT2D eigenvalue weighted by Crippen LogP contribution is -2.24. The molecule has 1 rings (SSSR count). The molecule has 0 heterocycles. The van der Waals surface area contributed by atoms with Gasteiger partial charge in [0, 0.05) is 23.8 Å². The van der Waals surface area contributed by atoms with Gasteiger partial charge in [0.25, 0.3) is 0 Å². The highest BCUT2D eigenvalue weighted by atomic mass is 32.2. The number of nitrogens with one attached hydrogen (secondary N) is 1. The average molecular weight is 327 g/mol. The second kappa shape index (κ2) is 9.73. The van der Waals surface area contributed by atoms with Crippen molar-refractivity contribution in [1.82, 2.24) is 0 Å². The van der Waals surface area contributed by atoms with Crippen LogP contribution in [0.15, 0.2) is 24.3 Å². The number of thioether (sulfide) groups is 1. The Hall–Kier alpha value is -1.14. The third kappa shape index (κ3) is 6.91. The monoisotopic (exact) mass is 327 g/mol. The number of hydrogen-bond acceptors (Lipinski definition) is 4. The number of hydrogen-bond donors (Lipinski definition) is 3. The summed E-state index contributed by atoms with van der Waals surface area (Å²) in [5, 5.41) is 11.6. The van der Waals surface area contributed by atoms with E-state index in [1.54, 1.807) is 11.8 Å². The summed E-state index contributed by atoms with van der Waals surface area (Å²) in [4.78, 5) is 22.7. The fourth-order valence-electron chi connectivity index (χ4n) is 1.87. The third-order valence-corrected chi connectivity index (χ3v) is 4.17. The molecule has 1 atom stereocenters. The average Bonchev–Trinajstić information content (AvgIpc) is 2.46. The van der Waals surface area contributed by atoms with Gasteiger partial charge in [-0.2, -0.15) is 24.4 Å². The van der Waals surface area contributed by atoms with Crippen molar-refractivity contribution in [3.05, 3.63) is 29.8 Å². The Morgan fingerprint density at radius 2 is 2.19 bits per heavy atom. The second-order valence-corrected chi connectivity index (χ2v) is 6.10. The molecule has 0 aliphatic heterocycles. The Morgan fingerprint density at radius 1 is 1.43 bits per heavy atom. The number of amides is 1. The highest BCUT2D eigenvalue weighted by Crippen LogP contribution is 2.16. The van der Waals surface area contributed by atoms with Gasteiger partial charge < -0.3 is 10.4 Å². The quantitative estimate of drug-likeness (QED) is 0.610. The lowest BCUT2D eigenvalue weighted by molar-refractivity contribution is -0.137. The summed E-state index contributed by atoms with van der Waals surface area (Å²) in [5.41, 5.74) is 1.61. The topological polar surface area (TPSA) is 66.4 Å². The molecule has 0 saturated carbocycles. The van der Waals surface area contributed by atoms with Crippen LogP contribution in [0, 0.1) is 5.92 Å². The molecule has 0 radical (unpaired) electrons. The zero-order valence-corrected chi connectivity index (χ0v) is 13.8. The van der Waals surface area contributed by atoms with Crippen LogP contribution in [0.4, 0.5) is 5.69 Å². The molecule has 1 aromatic carbocycles. The first-order chi connectivity index (χ1) is 10.1. The summed E-state index contributed by atoms with van der Waals surface area (Å²) in [5.74, 6) is 0.483. The lowest BCUT2D eigenvalue weighted by atomic mass is 10.1. The van der Waals surface area contributed by atoms with Crippen LogP contribution in [0.1, 0.15) is 18.4 Å². The predicted octanol–water partition coefficient (Wildman–Crippen LogP) is 2.94. The van der Waals surface area contributed by atoms with Crippen LogP contribution in [0.5, 0.6) is 0 Å². The van der Waals surface area contributed by atoms with E-state index in [0.29, 0.717) is 17.9 Å². The van der Waals surface area contributed by atoms with E-state index in [1.807, 2.05) is 30.5 Å². The van der Waals surface area contributed by atoms with Gasteiger partial charge in [0.05, 0.1) is 0 Å². The molecular formula is C15H21NO3S2. The van der Waals surface area contributed by atoms with Crippen molar-refractivity contribution < 1.29 is 14.7 Å². The molecule has 0 spiro atoms. The predicted molar refractivity (Wildman–Crippen MR) is 91.4 cm³/mol. The molecule has 1 unspecified atom stereocenters. The highest BCUT2D eigenvalue weighted by molar-refractivity contribution is 7.98. The maximum Gasteiger partial charge on any atom is 0.303 e. The van der Waals surface area contributed by atoms with E-state index in [-0.39, 0.29) is 18.2 Å². The Kier molecular flexibility index (Phi) is 8.30. The Labute approximate surface area is 135 Å². The molecule has 0 saturated heterocycles. The van der Waals surface area contributed by atoms with E-state index in [1.165, 1.54) is 0 Å². The smallest absolute Gasteiger partial charge is 0.303 e. The number of thiol groups is 1. The number of carboxylic acids is 1. The zero-order chi connectivity index (χ0) is 15.7. The molecule has 0 bridgehead atoms. The van der Waals surface area contributed by atoms with E-state index in [9.17, 15) is 9.59 Å². The first-order valence-corrected chi connectivity index (χ1v) is 8.80. The van der Waals surface area contributed by atoms with Crippen LogP contribution in [0.3, 0.4) is 0 Å². The van der Waals surface area contributed by atoms with Crippen LogP contribution in [0.25, 0.3) is 0 Å². The van der Waals surface area contributed by atoms with Gasteiger partial charge in [-0.3, -0.25) is 9.59 Å². The van der Waals surface area contributed by atoms with Gasteiger partial charge in [-0.25, -0.2) is 0 Å². The molecule has 0 aliphatic carbocycles. The van der Waals surface area contributed by atoms with E-state index in [0.717, 1.165) is 17.7 Å². The number of anilines is 1. The summed E-state index contributed by atoms with van der Waals surface area (Å²) in [6, 6.07) is 7.32. The van der Waals surface area contributed by atoms with Gasteiger partial charge in [0.1, 0.15) is 0 Å². The SMILES string of the molecule is CSCCC(CS)C(=O)Nc1cccc(CCC(=O)O)c1. The molecule has 1 aromatic rings. The first kappa shape index (κ1) is 17.9. The molecule has 0 aromatic heterocycles. The molecule has 1 amide bonds. The van der Waals surface area contributed by atoms with E-state index < -0.39 is 5.97 Å². The minimum Gasteiger partial charge on any atom is -0.481 e. The minimum absolute atomic E-state index is 0.0329. The lowest BCUT2D eigenvalue weighted by Gasteiger charge is -2.14. The fraction of sp³-hybridized carbons (Fsp3) is 0.467. The van der Waals surface area contributed by atoms with Crippen LogP contribution in [0.2, 0.25) is 0 Å². The standard InChI is InChI=1S/C15H21NO3S2/c1-21-8-7-12(10-20)15(19)16-13-4-2-3-11(9-13)5-6-14(17)18/h2-4,9,12,20H,5-8,10H2,1H3,(H,16,19)(H,17,18). The van der Waals surface area contributed by atoms with Crippen molar-refractivity contribution in [1.29, 1.82) is 0 Å². The largest absolute Gasteiger partial charge is 0.481 e. The maximum atomic E-state index is 12.2. The van der Waals surface area contributed by atoms with E-state index in [4.69, 9.17) is 5.11 Å². The molecule has 116 valence electrons. The van der Waals surface area contributed by atoms with Crippen molar-refractivity contribution in [2.75, 3.05) is 23.1 Å². The van der Waals surface area contributed by atoms with Crippen LogP contribution in [-0.2, 0) is 16.0 Å². The summed E-state index contributed by atoms with van der Waals surface area (Å²) in [6.07, 6.45) is 3.36. The summed E-state index contributed by atoms with van der Waals surface area (Å²) >= 11 is 5.95. The third-order valence-electron chi connectivity index (χ3n) is 3.08. The van der Waals surface area contributed by atoms with E-state index in [2.05, 4.69) is 17.9 Å². The van der Waals surface area contributed by atoms with Crippen LogP contribution in [-0.4, -0.2) is 34.7 Å². The molecule has 4 nitrogen and oxygen atoms in total. The molecule has 6 heteroatoms. The van der Waals surface area contributed by atoms with Crippen LogP contribution < -0.4 is 5.32 Å². The Balaban J connectivity index is 2.62.